The number of hydrogen-bond acceptors (Lipinski definition) is 3. The van der Waals surface area contributed by atoms with E-state index in [1.807, 2.05) is 13.8 Å². The van der Waals surface area contributed by atoms with Gasteiger partial charge in [0.2, 0.25) is 0 Å². The second-order valence-electron chi connectivity index (χ2n) is 3.76. The first kappa shape index (κ1) is 9.36. The first-order chi connectivity index (χ1) is 5.53. The zero-order chi connectivity index (χ0) is 9.19. The van der Waals surface area contributed by atoms with Gasteiger partial charge >= 0.3 is 6.08 Å². The number of hydrogen-bond donors (Lipinski definition) is 0. The molecule has 0 N–H and O–H groups in total. The van der Waals surface area contributed by atoms with E-state index in [-0.39, 0.29) is 11.6 Å². The van der Waals surface area contributed by atoms with E-state index in [9.17, 15) is 0 Å². The third kappa shape index (κ3) is 2.40. The van der Waals surface area contributed by atoms with Crippen LogP contribution in [0.4, 0.5) is 0 Å². The van der Waals surface area contributed by atoms with E-state index >= 15 is 0 Å². The van der Waals surface area contributed by atoms with E-state index in [1.165, 1.54) is 0 Å². The summed E-state index contributed by atoms with van der Waals surface area (Å²) in [4.78, 5) is 4.33. The molecule has 1 heterocycles. The molecule has 0 aromatic heterocycles. The molecular weight excluding hydrogens is 154 g/mol. The summed E-state index contributed by atoms with van der Waals surface area (Å²) in [6, 6.07) is 0. The zero-order valence-electron chi connectivity index (χ0n) is 8.26. The molecule has 1 aliphatic heterocycles. The van der Waals surface area contributed by atoms with Crippen LogP contribution in [-0.2, 0) is 9.47 Å². The van der Waals surface area contributed by atoms with Crippen molar-refractivity contribution >= 4 is 6.08 Å². The fourth-order valence-electron chi connectivity index (χ4n) is 1.43. The van der Waals surface area contributed by atoms with E-state index < -0.39 is 0 Å². The summed E-state index contributed by atoms with van der Waals surface area (Å²) < 4.78 is 10.6. The van der Waals surface area contributed by atoms with Gasteiger partial charge in [-0.05, 0) is 27.7 Å². The lowest BCUT2D eigenvalue weighted by Gasteiger charge is -2.30. The molecule has 1 aliphatic rings. The topological polar surface area (TPSA) is 30.8 Å². The monoisotopic (exact) mass is 171 g/mol. The Morgan fingerprint density at radius 1 is 1.67 bits per heavy atom. The molecule has 3 nitrogen and oxygen atoms in total. The highest BCUT2D eigenvalue weighted by molar-refractivity contribution is 5.68. The van der Waals surface area contributed by atoms with Crippen molar-refractivity contribution in [2.45, 2.75) is 45.8 Å². The molecule has 1 rings (SSSR count). The Kier molecular flexibility index (Phi) is 2.60. The van der Waals surface area contributed by atoms with Crippen LogP contribution >= 0.6 is 0 Å². The first-order valence-electron chi connectivity index (χ1n) is 4.43. The van der Waals surface area contributed by atoms with Gasteiger partial charge in [0.25, 0.3) is 0 Å². The van der Waals surface area contributed by atoms with Crippen LogP contribution in [0, 0.1) is 0 Å². The molecule has 70 valence electrons. The molecule has 1 unspecified atom stereocenters. The second-order valence-corrected chi connectivity index (χ2v) is 3.76. The molecule has 0 spiro atoms. The Labute approximate surface area is 73.8 Å². The van der Waals surface area contributed by atoms with E-state index in [0.717, 1.165) is 6.42 Å². The van der Waals surface area contributed by atoms with Gasteiger partial charge in [0, 0.05) is 6.42 Å². The molecule has 0 saturated carbocycles. The van der Waals surface area contributed by atoms with Gasteiger partial charge in [-0.15, -0.1) is 0 Å². The Bertz CT molecular complexity index is 187. The quantitative estimate of drug-likeness (QED) is 0.604. The molecular formula is C9H17NO2. The summed E-state index contributed by atoms with van der Waals surface area (Å²) >= 11 is 0. The minimum Gasteiger partial charge on any atom is -0.451 e. The van der Waals surface area contributed by atoms with Gasteiger partial charge < -0.3 is 9.47 Å². The number of rotatable bonds is 1. The smallest absolute Gasteiger partial charge is 0.384 e. The molecule has 0 bridgehead atoms. The van der Waals surface area contributed by atoms with Gasteiger partial charge in [-0.1, -0.05) is 0 Å². The maximum absolute atomic E-state index is 5.39. The fourth-order valence-corrected chi connectivity index (χ4v) is 1.43. The Morgan fingerprint density at radius 2 is 2.33 bits per heavy atom. The Morgan fingerprint density at radius 3 is 2.83 bits per heavy atom. The van der Waals surface area contributed by atoms with E-state index in [1.54, 1.807) is 0 Å². The number of ether oxygens (including phenoxy) is 2. The van der Waals surface area contributed by atoms with Crippen LogP contribution in [0.5, 0.6) is 0 Å². The van der Waals surface area contributed by atoms with Crippen molar-refractivity contribution < 1.29 is 9.47 Å². The SMILES string of the molecule is CCOC1=NC(C)(C)CC(C)O1. The maximum atomic E-state index is 5.39. The normalized spacial score (nSPS) is 27.3. The standard InChI is InChI=1S/C9H17NO2/c1-5-11-8-10-9(3,4)6-7(2)12-8/h7H,5-6H2,1-4H3. The lowest BCUT2D eigenvalue weighted by molar-refractivity contribution is 0.0783. The van der Waals surface area contributed by atoms with Gasteiger partial charge in [0.05, 0.1) is 12.1 Å². The predicted octanol–water partition coefficient (Wildman–Crippen LogP) is 1.97. The van der Waals surface area contributed by atoms with Crippen LogP contribution in [-0.4, -0.2) is 24.3 Å². The van der Waals surface area contributed by atoms with Gasteiger partial charge in [-0.3, -0.25) is 0 Å². The molecule has 0 aromatic carbocycles. The van der Waals surface area contributed by atoms with Crippen molar-refractivity contribution in [3.05, 3.63) is 0 Å². The lowest BCUT2D eigenvalue weighted by Crippen LogP contribution is -2.34. The molecule has 0 saturated heterocycles. The van der Waals surface area contributed by atoms with Crippen molar-refractivity contribution in [2.24, 2.45) is 4.99 Å². The molecule has 0 radical (unpaired) electrons. The van der Waals surface area contributed by atoms with Gasteiger partial charge in [-0.2, -0.15) is 0 Å². The average molecular weight is 171 g/mol. The summed E-state index contributed by atoms with van der Waals surface area (Å²) in [7, 11) is 0. The maximum Gasteiger partial charge on any atom is 0.384 e. The van der Waals surface area contributed by atoms with Crippen molar-refractivity contribution in [1.29, 1.82) is 0 Å². The second kappa shape index (κ2) is 3.33. The zero-order valence-corrected chi connectivity index (χ0v) is 8.26. The summed E-state index contributed by atoms with van der Waals surface area (Å²) in [5.74, 6) is 0. The Hall–Kier alpha value is -0.730. The molecule has 12 heavy (non-hydrogen) atoms. The van der Waals surface area contributed by atoms with E-state index in [0.29, 0.717) is 12.7 Å². The highest BCUT2D eigenvalue weighted by Gasteiger charge is 2.28. The number of aliphatic imine (C=N–C) groups is 1. The minimum atomic E-state index is -0.0395. The highest BCUT2D eigenvalue weighted by atomic mass is 16.7. The average Bonchev–Trinajstić information content (AvgIpc) is 1.82. The molecule has 1 atom stereocenters. The van der Waals surface area contributed by atoms with Gasteiger partial charge in [-0.25, -0.2) is 4.99 Å². The largest absolute Gasteiger partial charge is 0.451 e. The molecule has 0 aromatic rings. The van der Waals surface area contributed by atoms with Crippen LogP contribution in [0.3, 0.4) is 0 Å². The number of nitrogens with zero attached hydrogens (tertiary/aromatic N) is 1. The highest BCUT2D eigenvalue weighted by Crippen LogP contribution is 2.23. The minimum absolute atomic E-state index is 0.0395. The molecule has 0 amide bonds. The summed E-state index contributed by atoms with van der Waals surface area (Å²) in [6.07, 6.45) is 1.60. The van der Waals surface area contributed by atoms with Crippen molar-refractivity contribution in [3.8, 4) is 0 Å². The summed E-state index contributed by atoms with van der Waals surface area (Å²) in [5, 5.41) is 0. The van der Waals surface area contributed by atoms with Crippen LogP contribution in [0.15, 0.2) is 4.99 Å². The van der Waals surface area contributed by atoms with Gasteiger partial charge in [0.1, 0.15) is 6.10 Å². The van der Waals surface area contributed by atoms with Crippen LogP contribution in [0.25, 0.3) is 0 Å². The van der Waals surface area contributed by atoms with Gasteiger partial charge in [0.15, 0.2) is 0 Å². The predicted molar refractivity (Wildman–Crippen MR) is 48.3 cm³/mol. The van der Waals surface area contributed by atoms with E-state index in [4.69, 9.17) is 9.47 Å². The summed E-state index contributed by atoms with van der Waals surface area (Å²) in [6.45, 7) is 8.76. The Balaban J connectivity index is 2.66. The first-order valence-corrected chi connectivity index (χ1v) is 4.43. The molecule has 3 heteroatoms. The van der Waals surface area contributed by atoms with Crippen LogP contribution in [0.1, 0.15) is 34.1 Å². The van der Waals surface area contributed by atoms with Crippen molar-refractivity contribution in [2.75, 3.05) is 6.61 Å². The van der Waals surface area contributed by atoms with Crippen molar-refractivity contribution in [3.63, 3.8) is 0 Å². The third-order valence-corrected chi connectivity index (χ3v) is 1.75. The third-order valence-electron chi connectivity index (χ3n) is 1.75. The van der Waals surface area contributed by atoms with E-state index in [2.05, 4.69) is 18.8 Å². The van der Waals surface area contributed by atoms with Crippen LogP contribution < -0.4 is 0 Å². The molecule has 0 aliphatic carbocycles. The molecule has 0 fully saturated rings. The summed E-state index contributed by atoms with van der Waals surface area (Å²) in [5.41, 5.74) is -0.0395. The lowest BCUT2D eigenvalue weighted by atomic mass is 9.97. The van der Waals surface area contributed by atoms with Crippen LogP contribution in [0.2, 0.25) is 0 Å². The van der Waals surface area contributed by atoms with Crippen molar-refractivity contribution in [1.82, 2.24) is 0 Å². The fraction of sp³-hybridized carbons (Fsp3) is 0.889.